The van der Waals surface area contributed by atoms with Crippen LogP contribution in [-0.2, 0) is 4.79 Å². The standard InChI is InChI=1S/C24H22N2O4/c1-16(17-9-3-2-4-10-17)25-23(27)18-11-5-6-12-19(18)26-24(28)22-15-29-20-13-7-8-14-21(20)30-22/h2-14,16,22H,15H2,1H3,(H,25,27)(H,26,28). The Bertz CT molecular complexity index is 1050. The minimum absolute atomic E-state index is 0.0995. The molecule has 1 heterocycles. The van der Waals surface area contributed by atoms with Crippen LogP contribution in [0.15, 0.2) is 78.9 Å². The number of benzene rings is 3. The predicted octanol–water partition coefficient (Wildman–Crippen LogP) is 3.96. The number of nitrogens with one attached hydrogen (secondary N) is 2. The van der Waals surface area contributed by atoms with Gasteiger partial charge in [-0.2, -0.15) is 0 Å². The van der Waals surface area contributed by atoms with Crippen LogP contribution in [0.4, 0.5) is 5.69 Å². The van der Waals surface area contributed by atoms with Gasteiger partial charge in [0.2, 0.25) is 6.10 Å². The molecule has 2 amide bonds. The Balaban J connectivity index is 1.45. The Kier molecular flexibility index (Phi) is 5.66. The molecule has 3 aromatic carbocycles. The molecule has 0 bridgehead atoms. The molecule has 0 fully saturated rings. The Morgan fingerprint density at radius 3 is 2.37 bits per heavy atom. The van der Waals surface area contributed by atoms with E-state index < -0.39 is 6.10 Å². The summed E-state index contributed by atoms with van der Waals surface area (Å²) in [5.41, 5.74) is 1.80. The lowest BCUT2D eigenvalue weighted by atomic mass is 10.1. The second-order valence-electron chi connectivity index (χ2n) is 7.00. The van der Waals surface area contributed by atoms with Crippen molar-refractivity contribution >= 4 is 17.5 Å². The number of hydrogen-bond acceptors (Lipinski definition) is 4. The number of anilines is 1. The summed E-state index contributed by atoms with van der Waals surface area (Å²) < 4.78 is 11.4. The lowest BCUT2D eigenvalue weighted by Crippen LogP contribution is -2.40. The van der Waals surface area contributed by atoms with E-state index >= 15 is 0 Å². The molecule has 6 heteroatoms. The largest absolute Gasteiger partial charge is 0.485 e. The summed E-state index contributed by atoms with van der Waals surface area (Å²) >= 11 is 0. The van der Waals surface area contributed by atoms with E-state index in [1.54, 1.807) is 36.4 Å². The van der Waals surface area contributed by atoms with Crippen LogP contribution < -0.4 is 20.1 Å². The van der Waals surface area contributed by atoms with Crippen LogP contribution in [0.1, 0.15) is 28.9 Å². The van der Waals surface area contributed by atoms with Gasteiger partial charge in [-0.1, -0.05) is 54.6 Å². The molecule has 0 saturated carbocycles. The van der Waals surface area contributed by atoms with Crippen molar-refractivity contribution in [3.05, 3.63) is 90.0 Å². The highest BCUT2D eigenvalue weighted by Gasteiger charge is 2.28. The summed E-state index contributed by atoms with van der Waals surface area (Å²) in [6.07, 6.45) is -0.806. The molecule has 0 aliphatic carbocycles. The summed E-state index contributed by atoms with van der Waals surface area (Å²) in [5.74, 6) is 0.483. The molecule has 0 aromatic heterocycles. The van der Waals surface area contributed by atoms with E-state index in [9.17, 15) is 9.59 Å². The van der Waals surface area contributed by atoms with E-state index in [2.05, 4.69) is 10.6 Å². The van der Waals surface area contributed by atoms with Crippen molar-refractivity contribution < 1.29 is 19.1 Å². The summed E-state index contributed by atoms with van der Waals surface area (Å²) in [6.45, 7) is 2.02. The molecule has 4 rings (SSSR count). The van der Waals surface area contributed by atoms with Gasteiger partial charge in [-0.25, -0.2) is 0 Å². The summed E-state index contributed by atoms with van der Waals surface area (Å²) in [5, 5.41) is 5.77. The van der Waals surface area contributed by atoms with Gasteiger partial charge in [0.05, 0.1) is 17.3 Å². The minimum atomic E-state index is -0.806. The molecule has 2 N–H and O–H groups in total. The van der Waals surface area contributed by atoms with Gasteiger partial charge in [-0.15, -0.1) is 0 Å². The van der Waals surface area contributed by atoms with Crippen LogP contribution in [0.5, 0.6) is 11.5 Å². The second-order valence-corrected chi connectivity index (χ2v) is 7.00. The van der Waals surface area contributed by atoms with Crippen LogP contribution in [0, 0.1) is 0 Å². The van der Waals surface area contributed by atoms with Crippen LogP contribution in [0.3, 0.4) is 0 Å². The average molecular weight is 402 g/mol. The zero-order valence-electron chi connectivity index (χ0n) is 16.5. The van der Waals surface area contributed by atoms with Gasteiger partial charge in [0.15, 0.2) is 11.5 Å². The molecule has 0 spiro atoms. The van der Waals surface area contributed by atoms with Gasteiger partial charge < -0.3 is 20.1 Å². The Hall–Kier alpha value is -3.80. The molecule has 1 aliphatic heterocycles. The number of rotatable bonds is 5. The molecule has 2 atom stereocenters. The zero-order chi connectivity index (χ0) is 20.9. The minimum Gasteiger partial charge on any atom is -0.485 e. The maximum absolute atomic E-state index is 12.9. The Morgan fingerprint density at radius 1 is 0.900 bits per heavy atom. The highest BCUT2D eigenvalue weighted by Crippen LogP contribution is 2.31. The van der Waals surface area contributed by atoms with Gasteiger partial charge in [-0.3, -0.25) is 9.59 Å². The summed E-state index contributed by atoms with van der Waals surface area (Å²) in [6, 6.07) is 23.6. The van der Waals surface area contributed by atoms with Gasteiger partial charge in [0.1, 0.15) is 6.61 Å². The molecule has 0 saturated heterocycles. The SMILES string of the molecule is CC(NC(=O)c1ccccc1NC(=O)C1COc2ccccc2O1)c1ccccc1. The van der Waals surface area contributed by atoms with Crippen molar-refractivity contribution in [3.8, 4) is 11.5 Å². The number of carbonyl (C=O) groups excluding carboxylic acids is 2. The first-order chi connectivity index (χ1) is 14.6. The van der Waals surface area contributed by atoms with Crippen molar-refractivity contribution in [2.75, 3.05) is 11.9 Å². The quantitative estimate of drug-likeness (QED) is 0.677. The number of amides is 2. The molecular formula is C24H22N2O4. The molecule has 3 aromatic rings. The van der Waals surface area contributed by atoms with E-state index in [1.165, 1.54) is 0 Å². The fourth-order valence-electron chi connectivity index (χ4n) is 3.25. The number of fused-ring (bicyclic) bond motifs is 1. The third kappa shape index (κ3) is 4.27. The lowest BCUT2D eigenvalue weighted by molar-refractivity contribution is -0.125. The van der Waals surface area contributed by atoms with Crippen molar-refractivity contribution in [1.29, 1.82) is 0 Å². The monoisotopic (exact) mass is 402 g/mol. The molecule has 2 unspecified atom stereocenters. The second kappa shape index (κ2) is 8.69. The molecule has 6 nitrogen and oxygen atoms in total. The Morgan fingerprint density at radius 2 is 1.57 bits per heavy atom. The fourth-order valence-corrected chi connectivity index (χ4v) is 3.25. The lowest BCUT2D eigenvalue weighted by Gasteiger charge is -2.26. The fraction of sp³-hybridized carbons (Fsp3) is 0.167. The molecule has 1 aliphatic rings. The number of carbonyl (C=O) groups is 2. The first kappa shape index (κ1) is 19.5. The zero-order valence-corrected chi connectivity index (χ0v) is 16.5. The van der Waals surface area contributed by atoms with Crippen molar-refractivity contribution in [2.24, 2.45) is 0 Å². The van der Waals surface area contributed by atoms with E-state index in [1.807, 2.05) is 49.4 Å². The summed E-state index contributed by atoms with van der Waals surface area (Å²) in [7, 11) is 0. The third-order valence-corrected chi connectivity index (χ3v) is 4.88. The van der Waals surface area contributed by atoms with Gasteiger partial charge in [0, 0.05) is 0 Å². The third-order valence-electron chi connectivity index (χ3n) is 4.88. The topological polar surface area (TPSA) is 76.7 Å². The van der Waals surface area contributed by atoms with Crippen LogP contribution >= 0.6 is 0 Å². The van der Waals surface area contributed by atoms with Crippen molar-refractivity contribution in [1.82, 2.24) is 5.32 Å². The number of hydrogen-bond donors (Lipinski definition) is 2. The van der Waals surface area contributed by atoms with Gasteiger partial charge >= 0.3 is 0 Å². The van der Waals surface area contributed by atoms with Gasteiger partial charge in [0.25, 0.3) is 11.8 Å². The van der Waals surface area contributed by atoms with Crippen molar-refractivity contribution in [2.45, 2.75) is 19.1 Å². The normalized spacial score (nSPS) is 15.7. The smallest absolute Gasteiger partial charge is 0.269 e. The van der Waals surface area contributed by atoms with E-state index in [0.29, 0.717) is 22.7 Å². The first-order valence-electron chi connectivity index (χ1n) is 9.76. The highest BCUT2D eigenvalue weighted by atomic mass is 16.6. The van der Waals surface area contributed by atoms with Gasteiger partial charge in [-0.05, 0) is 36.8 Å². The average Bonchev–Trinajstić information content (AvgIpc) is 2.79. The predicted molar refractivity (Wildman–Crippen MR) is 114 cm³/mol. The van der Waals surface area contributed by atoms with E-state index in [0.717, 1.165) is 5.56 Å². The first-order valence-corrected chi connectivity index (χ1v) is 9.76. The number of ether oxygens (including phenoxy) is 2. The summed E-state index contributed by atoms with van der Waals surface area (Å²) in [4.78, 5) is 25.6. The maximum atomic E-state index is 12.9. The van der Waals surface area contributed by atoms with E-state index in [4.69, 9.17) is 9.47 Å². The van der Waals surface area contributed by atoms with Crippen LogP contribution in [0.25, 0.3) is 0 Å². The highest BCUT2D eigenvalue weighted by molar-refractivity contribution is 6.04. The maximum Gasteiger partial charge on any atom is 0.269 e. The van der Waals surface area contributed by atoms with E-state index in [-0.39, 0.29) is 24.5 Å². The van der Waals surface area contributed by atoms with Crippen LogP contribution in [0.2, 0.25) is 0 Å². The van der Waals surface area contributed by atoms with Crippen LogP contribution in [-0.4, -0.2) is 24.5 Å². The number of para-hydroxylation sites is 3. The molecule has 152 valence electrons. The molecule has 30 heavy (non-hydrogen) atoms. The molecular weight excluding hydrogens is 380 g/mol. The molecule has 0 radical (unpaired) electrons. The van der Waals surface area contributed by atoms with Crippen molar-refractivity contribution in [3.63, 3.8) is 0 Å². The Labute approximate surface area is 174 Å².